The van der Waals surface area contributed by atoms with E-state index in [4.69, 9.17) is 4.74 Å². The van der Waals surface area contributed by atoms with Crippen LogP contribution in [0, 0.1) is 5.41 Å². The predicted molar refractivity (Wildman–Crippen MR) is 124 cm³/mol. The molecule has 0 aromatic heterocycles. The Bertz CT molecular complexity index is 1070. The number of ether oxygens (including phenoxy) is 1. The lowest BCUT2D eigenvalue weighted by atomic mass is 9.39. The number of amides is 1. The number of thioether (sulfide) groups is 1. The van der Waals surface area contributed by atoms with Crippen molar-refractivity contribution in [1.29, 1.82) is 0 Å². The Morgan fingerprint density at radius 3 is 2.26 bits per heavy atom. The largest absolute Gasteiger partial charge is 0.493 e. The topological polar surface area (TPSA) is 50.4 Å². The number of hydrogen-bond donors (Lipinski definition) is 2. The van der Waals surface area contributed by atoms with Crippen molar-refractivity contribution in [3.05, 3.63) is 53.6 Å². The molecule has 2 bridgehead atoms. The van der Waals surface area contributed by atoms with Crippen LogP contribution >= 0.6 is 23.7 Å². The van der Waals surface area contributed by atoms with Crippen LogP contribution in [0.15, 0.2) is 47.4 Å². The summed E-state index contributed by atoms with van der Waals surface area (Å²) in [6, 6.07) is 9.53. The van der Waals surface area contributed by atoms with Gasteiger partial charge in [-0.05, 0) is 79.9 Å². The molecule has 3 aliphatic rings. The molecular formula is C23H22F6N2O2S2. The minimum Gasteiger partial charge on any atom is -0.493 e. The first-order valence-corrected chi connectivity index (χ1v) is 12.8. The third-order valence-electron chi connectivity index (χ3n) is 6.26. The third-order valence-corrected chi connectivity index (χ3v) is 7.67. The van der Waals surface area contributed by atoms with Gasteiger partial charge in [0.25, 0.3) is 5.91 Å². The molecule has 2 N–H and O–H groups in total. The third kappa shape index (κ3) is 5.32. The quantitative estimate of drug-likeness (QED) is 0.210. The molecule has 5 rings (SSSR count). The van der Waals surface area contributed by atoms with E-state index in [0.717, 1.165) is 35.9 Å². The summed E-state index contributed by atoms with van der Waals surface area (Å²) >= 11 is 2.65. The van der Waals surface area contributed by atoms with Gasteiger partial charge in [0.05, 0.1) is 28.8 Å². The normalized spacial score (nSPS) is 23.2. The SMILES string of the molecule is CSCCOc1ccc(SNc2cc(C(F)(F)F)ccc2C(=O)NC23CC(C(F)(F)F)(C2)C3)cc1. The maximum absolute atomic E-state index is 13.3. The smallest absolute Gasteiger partial charge is 0.416 e. The number of halogens is 6. The molecule has 4 nitrogen and oxygen atoms in total. The van der Waals surface area contributed by atoms with Crippen molar-refractivity contribution >= 4 is 35.3 Å². The molecule has 0 radical (unpaired) electrons. The minimum atomic E-state index is -4.63. The Kier molecular flexibility index (Phi) is 6.91. The minimum absolute atomic E-state index is 0.0756. The summed E-state index contributed by atoms with van der Waals surface area (Å²) in [5.41, 5.74) is -3.81. The standard InChI is InChI=1S/C23H22F6N2O2S2/c1-34-9-8-33-15-3-5-16(6-4-15)35-31-18-10-14(22(24,25)26)2-7-17(18)19(32)30-21-11-20(12-21,13-21)23(27,28)29/h2-7,10,31H,8-9,11-13H2,1H3,(H,30,32). The highest BCUT2D eigenvalue weighted by atomic mass is 32.2. The molecule has 0 aliphatic heterocycles. The van der Waals surface area contributed by atoms with E-state index in [1.165, 1.54) is 0 Å². The zero-order valence-corrected chi connectivity index (χ0v) is 20.1. The number of nitrogens with one attached hydrogen (secondary N) is 2. The van der Waals surface area contributed by atoms with E-state index in [2.05, 4.69) is 10.0 Å². The van der Waals surface area contributed by atoms with Gasteiger partial charge in [0.2, 0.25) is 0 Å². The molecule has 35 heavy (non-hydrogen) atoms. The number of alkyl halides is 6. The van der Waals surface area contributed by atoms with Crippen LogP contribution in [-0.4, -0.2) is 36.2 Å². The van der Waals surface area contributed by atoms with Crippen LogP contribution in [0.2, 0.25) is 0 Å². The Morgan fingerprint density at radius 2 is 1.69 bits per heavy atom. The van der Waals surface area contributed by atoms with Gasteiger partial charge in [-0.15, -0.1) is 0 Å². The fourth-order valence-electron chi connectivity index (χ4n) is 4.49. The highest BCUT2D eigenvalue weighted by molar-refractivity contribution is 8.00. The molecule has 1 amide bonds. The number of hydrogen-bond acceptors (Lipinski definition) is 5. The molecule has 3 aliphatic carbocycles. The first-order valence-electron chi connectivity index (χ1n) is 10.6. The van der Waals surface area contributed by atoms with Crippen LogP contribution in [-0.2, 0) is 6.18 Å². The predicted octanol–water partition coefficient (Wildman–Crippen LogP) is 6.78. The van der Waals surface area contributed by atoms with Gasteiger partial charge in [0, 0.05) is 16.2 Å². The average Bonchev–Trinajstić information content (AvgIpc) is 2.73. The number of carbonyl (C=O) groups excluding carboxylic acids is 1. The van der Waals surface area contributed by atoms with Crippen molar-refractivity contribution in [2.75, 3.05) is 23.3 Å². The van der Waals surface area contributed by atoms with Crippen LogP contribution in [0.5, 0.6) is 5.75 Å². The monoisotopic (exact) mass is 536 g/mol. The zero-order valence-electron chi connectivity index (χ0n) is 18.5. The summed E-state index contributed by atoms with van der Waals surface area (Å²) in [6.45, 7) is 0.542. The second kappa shape index (κ2) is 9.34. The van der Waals surface area contributed by atoms with Crippen LogP contribution in [0.4, 0.5) is 32.0 Å². The first-order chi connectivity index (χ1) is 16.4. The van der Waals surface area contributed by atoms with Crippen molar-refractivity contribution < 1.29 is 35.9 Å². The molecular weight excluding hydrogens is 514 g/mol. The van der Waals surface area contributed by atoms with E-state index in [0.29, 0.717) is 17.3 Å². The Labute approximate surface area is 206 Å². The molecule has 0 spiro atoms. The van der Waals surface area contributed by atoms with Crippen LogP contribution < -0.4 is 14.8 Å². The summed E-state index contributed by atoms with van der Waals surface area (Å²) < 4.78 is 87.5. The van der Waals surface area contributed by atoms with E-state index in [9.17, 15) is 31.1 Å². The molecule has 12 heteroatoms. The maximum Gasteiger partial charge on any atom is 0.416 e. The Morgan fingerprint density at radius 1 is 1.03 bits per heavy atom. The van der Waals surface area contributed by atoms with E-state index in [-0.39, 0.29) is 30.5 Å². The van der Waals surface area contributed by atoms with Crippen molar-refractivity contribution in [2.24, 2.45) is 5.41 Å². The summed E-state index contributed by atoms with van der Waals surface area (Å²) in [5, 5.41) is 2.61. The van der Waals surface area contributed by atoms with Gasteiger partial charge in [-0.1, -0.05) is 0 Å². The van der Waals surface area contributed by atoms with Gasteiger partial charge in [-0.25, -0.2) is 0 Å². The van der Waals surface area contributed by atoms with Crippen LogP contribution in [0.25, 0.3) is 0 Å². The summed E-state index contributed by atoms with van der Waals surface area (Å²) in [6.07, 6.45) is -7.62. The van der Waals surface area contributed by atoms with Crippen molar-refractivity contribution in [1.82, 2.24) is 5.32 Å². The van der Waals surface area contributed by atoms with Gasteiger partial charge in [-0.2, -0.15) is 38.1 Å². The molecule has 190 valence electrons. The Hall–Kier alpha value is -2.21. The molecule has 3 fully saturated rings. The summed E-state index contributed by atoms with van der Waals surface area (Å²) in [4.78, 5) is 13.5. The molecule has 0 heterocycles. The summed E-state index contributed by atoms with van der Waals surface area (Å²) in [5.74, 6) is 0.768. The van der Waals surface area contributed by atoms with Crippen LogP contribution in [0.1, 0.15) is 35.2 Å². The van der Waals surface area contributed by atoms with Gasteiger partial charge in [0.1, 0.15) is 5.75 Å². The van der Waals surface area contributed by atoms with Crippen molar-refractivity contribution in [2.45, 2.75) is 42.0 Å². The lowest BCUT2D eigenvalue weighted by Crippen LogP contribution is -2.78. The van der Waals surface area contributed by atoms with E-state index < -0.39 is 34.8 Å². The van der Waals surface area contributed by atoms with Crippen LogP contribution in [0.3, 0.4) is 0 Å². The van der Waals surface area contributed by atoms with Gasteiger partial charge < -0.3 is 14.8 Å². The van der Waals surface area contributed by atoms with E-state index >= 15 is 0 Å². The van der Waals surface area contributed by atoms with Crippen molar-refractivity contribution in [3.8, 4) is 5.75 Å². The lowest BCUT2D eigenvalue weighted by molar-refractivity contribution is -0.336. The number of rotatable bonds is 9. The first kappa shape index (κ1) is 25.9. The molecule has 0 saturated heterocycles. The molecule has 2 aromatic carbocycles. The van der Waals surface area contributed by atoms with E-state index in [1.54, 1.807) is 36.0 Å². The fourth-order valence-corrected chi connectivity index (χ4v) is 5.41. The second-order valence-corrected chi connectivity index (χ2v) is 10.7. The maximum atomic E-state index is 13.3. The van der Waals surface area contributed by atoms with Gasteiger partial charge in [-0.3, -0.25) is 4.79 Å². The number of anilines is 1. The number of carbonyl (C=O) groups is 1. The molecule has 3 saturated carbocycles. The fraction of sp³-hybridized carbons (Fsp3) is 0.435. The number of benzene rings is 2. The zero-order chi connectivity index (χ0) is 25.5. The van der Waals surface area contributed by atoms with Gasteiger partial charge >= 0.3 is 12.4 Å². The molecule has 0 unspecified atom stereocenters. The van der Waals surface area contributed by atoms with Crippen molar-refractivity contribution in [3.63, 3.8) is 0 Å². The van der Waals surface area contributed by atoms with Gasteiger partial charge in [0.15, 0.2) is 0 Å². The average molecular weight is 537 g/mol. The second-order valence-electron chi connectivity index (χ2n) is 8.82. The lowest BCUT2D eigenvalue weighted by Gasteiger charge is -2.70. The van der Waals surface area contributed by atoms with E-state index in [1.807, 2.05) is 6.26 Å². The summed E-state index contributed by atoms with van der Waals surface area (Å²) in [7, 11) is 0. The highest BCUT2D eigenvalue weighted by Gasteiger charge is 2.79. The molecule has 2 aromatic rings. The Balaban J connectivity index is 1.45. The highest BCUT2D eigenvalue weighted by Crippen LogP contribution is 2.73. The molecule has 0 atom stereocenters.